The first-order valence-corrected chi connectivity index (χ1v) is 10.2. The number of anilines is 1. The van der Waals surface area contributed by atoms with Crippen LogP contribution < -0.4 is 19.5 Å². The third kappa shape index (κ3) is 4.99. The van der Waals surface area contributed by atoms with Crippen LogP contribution in [0.2, 0.25) is 0 Å². The number of piperidine rings is 1. The van der Waals surface area contributed by atoms with E-state index >= 15 is 0 Å². The van der Waals surface area contributed by atoms with Crippen molar-refractivity contribution in [2.24, 2.45) is 0 Å². The van der Waals surface area contributed by atoms with Crippen LogP contribution in [0.15, 0.2) is 18.2 Å². The van der Waals surface area contributed by atoms with Crippen molar-refractivity contribution in [3.05, 3.63) is 18.2 Å². The van der Waals surface area contributed by atoms with E-state index in [9.17, 15) is 13.2 Å². The first-order valence-electron chi connectivity index (χ1n) is 8.33. The number of amides is 2. The highest BCUT2D eigenvalue weighted by molar-refractivity contribution is 7.88. The number of nitrogens with zero attached hydrogens (tertiary/aromatic N) is 1. The summed E-state index contributed by atoms with van der Waals surface area (Å²) in [4.78, 5) is 14.1. The Bertz CT molecular complexity index is 737. The van der Waals surface area contributed by atoms with Crippen LogP contribution in [0, 0.1) is 0 Å². The molecule has 1 aromatic carbocycles. The second kappa shape index (κ2) is 7.49. The predicted molar refractivity (Wildman–Crippen MR) is 93.6 cm³/mol. The van der Waals surface area contributed by atoms with Gasteiger partial charge in [-0.25, -0.2) is 17.9 Å². The van der Waals surface area contributed by atoms with Crippen molar-refractivity contribution in [3.63, 3.8) is 0 Å². The van der Waals surface area contributed by atoms with Crippen molar-refractivity contribution >= 4 is 21.7 Å². The number of hydrogen-bond acceptors (Lipinski definition) is 5. The Morgan fingerprint density at radius 3 is 2.72 bits per heavy atom. The number of benzene rings is 1. The molecule has 0 saturated carbocycles. The molecule has 1 saturated heterocycles. The number of ether oxygens (including phenoxy) is 2. The minimum Gasteiger partial charge on any atom is -0.490 e. The summed E-state index contributed by atoms with van der Waals surface area (Å²) in [7, 11) is -3.28. The molecule has 2 heterocycles. The molecule has 1 atom stereocenters. The van der Waals surface area contributed by atoms with Crippen LogP contribution in [-0.2, 0) is 10.0 Å². The Hall–Kier alpha value is -2.00. The van der Waals surface area contributed by atoms with Gasteiger partial charge in [0.2, 0.25) is 10.0 Å². The molecular weight excluding hydrogens is 346 g/mol. The Morgan fingerprint density at radius 2 is 1.96 bits per heavy atom. The Morgan fingerprint density at radius 1 is 1.20 bits per heavy atom. The minimum absolute atomic E-state index is 0.252. The van der Waals surface area contributed by atoms with Crippen molar-refractivity contribution in [2.45, 2.75) is 25.3 Å². The van der Waals surface area contributed by atoms with Gasteiger partial charge >= 0.3 is 6.03 Å². The molecule has 8 nitrogen and oxygen atoms in total. The van der Waals surface area contributed by atoms with E-state index in [0.29, 0.717) is 43.5 Å². The van der Waals surface area contributed by atoms with Gasteiger partial charge in [-0.15, -0.1) is 0 Å². The van der Waals surface area contributed by atoms with Crippen molar-refractivity contribution in [1.82, 2.24) is 9.62 Å². The molecule has 0 aliphatic carbocycles. The summed E-state index contributed by atoms with van der Waals surface area (Å²) in [5.41, 5.74) is 0.618. The van der Waals surface area contributed by atoms with Gasteiger partial charge in [-0.3, -0.25) is 0 Å². The van der Waals surface area contributed by atoms with Crippen LogP contribution in [0.4, 0.5) is 10.5 Å². The number of carbonyl (C=O) groups is 1. The highest BCUT2D eigenvalue weighted by Crippen LogP contribution is 2.32. The molecule has 0 aromatic heterocycles. The number of hydrogen-bond donors (Lipinski definition) is 2. The van der Waals surface area contributed by atoms with Gasteiger partial charge in [0.15, 0.2) is 11.5 Å². The second-order valence-electron chi connectivity index (χ2n) is 6.32. The predicted octanol–water partition coefficient (Wildman–Crippen LogP) is 1.39. The summed E-state index contributed by atoms with van der Waals surface area (Å²) >= 11 is 0. The number of nitrogens with one attached hydrogen (secondary N) is 2. The largest absolute Gasteiger partial charge is 0.490 e. The maximum absolute atomic E-state index is 12.5. The Balaban J connectivity index is 1.62. The van der Waals surface area contributed by atoms with Gasteiger partial charge in [0.1, 0.15) is 0 Å². The lowest BCUT2D eigenvalue weighted by Gasteiger charge is -2.32. The van der Waals surface area contributed by atoms with Crippen LogP contribution in [0.5, 0.6) is 11.5 Å². The molecule has 2 N–H and O–H groups in total. The molecule has 2 amide bonds. The topological polar surface area (TPSA) is 97.0 Å². The van der Waals surface area contributed by atoms with Crippen LogP contribution >= 0.6 is 0 Å². The number of fused-ring (bicyclic) bond motifs is 1. The first-order chi connectivity index (χ1) is 11.9. The summed E-state index contributed by atoms with van der Waals surface area (Å²) in [6, 6.07) is 4.78. The molecule has 3 rings (SSSR count). The van der Waals surface area contributed by atoms with Crippen molar-refractivity contribution < 1.29 is 22.7 Å². The molecule has 1 fully saturated rings. The molecule has 9 heteroatoms. The van der Waals surface area contributed by atoms with Gasteiger partial charge in [-0.2, -0.15) is 0 Å². The van der Waals surface area contributed by atoms with Gasteiger partial charge in [-0.05, 0) is 25.0 Å². The lowest BCUT2D eigenvalue weighted by Crippen LogP contribution is -2.50. The average molecular weight is 369 g/mol. The highest BCUT2D eigenvalue weighted by Gasteiger charge is 2.25. The van der Waals surface area contributed by atoms with E-state index in [4.69, 9.17) is 9.47 Å². The third-order valence-electron chi connectivity index (χ3n) is 4.09. The average Bonchev–Trinajstić information content (AvgIpc) is 2.78. The summed E-state index contributed by atoms with van der Waals surface area (Å²) in [6.07, 6.45) is 3.42. The fourth-order valence-corrected chi connectivity index (χ4v) is 3.80. The van der Waals surface area contributed by atoms with Crippen LogP contribution in [0.25, 0.3) is 0 Å². The molecule has 2 aliphatic heterocycles. The SMILES string of the molecule is CS(=O)(=O)N[C@@H]1CCCN(C(=O)Nc2ccc3c(c2)OCCCO3)C1. The zero-order valence-electron chi connectivity index (χ0n) is 14.2. The molecule has 0 radical (unpaired) electrons. The summed E-state index contributed by atoms with van der Waals surface area (Å²) < 4.78 is 36.5. The first kappa shape index (κ1) is 17.8. The normalized spacial score (nSPS) is 20.7. The fourth-order valence-electron chi connectivity index (χ4n) is 3.00. The fraction of sp³-hybridized carbons (Fsp3) is 0.562. The maximum Gasteiger partial charge on any atom is 0.321 e. The summed E-state index contributed by atoms with van der Waals surface area (Å²) in [5.74, 6) is 1.29. The lowest BCUT2D eigenvalue weighted by atomic mass is 10.1. The van der Waals surface area contributed by atoms with E-state index in [-0.39, 0.29) is 12.1 Å². The van der Waals surface area contributed by atoms with Gasteiger partial charge in [0, 0.05) is 37.3 Å². The van der Waals surface area contributed by atoms with Crippen LogP contribution in [0.3, 0.4) is 0 Å². The van der Waals surface area contributed by atoms with Crippen molar-refractivity contribution in [3.8, 4) is 11.5 Å². The summed E-state index contributed by atoms with van der Waals surface area (Å²) in [5, 5.41) is 2.84. The second-order valence-corrected chi connectivity index (χ2v) is 8.10. The molecule has 1 aromatic rings. The van der Waals surface area contributed by atoms with Gasteiger partial charge < -0.3 is 19.7 Å². The molecule has 0 spiro atoms. The molecular formula is C16H23N3O5S. The van der Waals surface area contributed by atoms with E-state index in [1.165, 1.54) is 0 Å². The van der Waals surface area contributed by atoms with Crippen LogP contribution in [0.1, 0.15) is 19.3 Å². The maximum atomic E-state index is 12.5. The zero-order chi connectivity index (χ0) is 17.9. The molecule has 2 aliphatic rings. The van der Waals surface area contributed by atoms with E-state index in [0.717, 1.165) is 25.5 Å². The Kier molecular flexibility index (Phi) is 5.33. The summed E-state index contributed by atoms with van der Waals surface area (Å²) in [6.45, 7) is 2.14. The molecule has 25 heavy (non-hydrogen) atoms. The number of urea groups is 1. The molecule has 0 unspecified atom stereocenters. The zero-order valence-corrected chi connectivity index (χ0v) is 15.0. The van der Waals surface area contributed by atoms with E-state index in [1.54, 1.807) is 23.1 Å². The van der Waals surface area contributed by atoms with Gasteiger partial charge in [0.05, 0.1) is 19.5 Å². The van der Waals surface area contributed by atoms with E-state index < -0.39 is 10.0 Å². The Labute approximate surface area is 147 Å². The number of carbonyl (C=O) groups excluding carboxylic acids is 1. The number of sulfonamides is 1. The quantitative estimate of drug-likeness (QED) is 0.839. The van der Waals surface area contributed by atoms with Crippen molar-refractivity contribution in [1.29, 1.82) is 0 Å². The third-order valence-corrected chi connectivity index (χ3v) is 4.85. The van der Waals surface area contributed by atoms with E-state index in [2.05, 4.69) is 10.0 Å². The standard InChI is InChI=1S/C16H23N3O5S/c1-25(21,22)18-13-4-2-7-19(11-13)16(20)17-12-5-6-14-15(10-12)24-9-3-8-23-14/h5-6,10,13,18H,2-4,7-9,11H2,1H3,(H,17,20)/t13-/m1/s1. The number of rotatable bonds is 3. The monoisotopic (exact) mass is 369 g/mol. The van der Waals surface area contributed by atoms with Crippen molar-refractivity contribution in [2.75, 3.05) is 37.9 Å². The van der Waals surface area contributed by atoms with E-state index in [1.807, 2.05) is 0 Å². The molecule has 138 valence electrons. The van der Waals surface area contributed by atoms with Gasteiger partial charge in [0.25, 0.3) is 0 Å². The number of likely N-dealkylation sites (tertiary alicyclic amines) is 1. The minimum atomic E-state index is -3.28. The molecule has 0 bridgehead atoms. The van der Waals surface area contributed by atoms with Gasteiger partial charge in [-0.1, -0.05) is 0 Å². The lowest BCUT2D eigenvalue weighted by molar-refractivity contribution is 0.190. The smallest absolute Gasteiger partial charge is 0.321 e. The highest BCUT2D eigenvalue weighted by atomic mass is 32.2. The van der Waals surface area contributed by atoms with Crippen LogP contribution in [-0.4, -0.2) is 57.9 Å².